The lowest BCUT2D eigenvalue weighted by molar-refractivity contribution is -0.130. The molecule has 0 spiro atoms. The maximum Gasteiger partial charge on any atom is 0.270 e. The number of primary amides is 1. The quantitative estimate of drug-likeness (QED) is 0.845. The van der Waals surface area contributed by atoms with E-state index in [1.165, 1.54) is 19.4 Å². The average Bonchev–Trinajstić information content (AvgIpc) is 2.53. The van der Waals surface area contributed by atoms with Crippen LogP contribution in [0, 0.1) is 5.41 Å². The van der Waals surface area contributed by atoms with Crippen molar-refractivity contribution in [3.05, 3.63) is 28.2 Å². The molecule has 22 heavy (non-hydrogen) atoms. The first-order valence-corrected chi connectivity index (χ1v) is 7.29. The van der Waals surface area contributed by atoms with Gasteiger partial charge >= 0.3 is 0 Å². The number of H-pyrrole nitrogens is 1. The van der Waals surface area contributed by atoms with Gasteiger partial charge in [-0.25, -0.2) is 0 Å². The molecule has 1 saturated heterocycles. The van der Waals surface area contributed by atoms with Crippen LogP contribution < -0.4 is 15.9 Å². The first kappa shape index (κ1) is 16.1. The Labute approximate surface area is 128 Å². The molecule has 1 aliphatic heterocycles. The van der Waals surface area contributed by atoms with Gasteiger partial charge in [-0.1, -0.05) is 6.92 Å². The van der Waals surface area contributed by atoms with Crippen molar-refractivity contribution in [1.82, 2.24) is 9.88 Å². The fraction of sp³-hybridized carbons (Fsp3) is 0.533. The van der Waals surface area contributed by atoms with Crippen LogP contribution in [-0.2, 0) is 4.79 Å². The summed E-state index contributed by atoms with van der Waals surface area (Å²) in [5.41, 5.74) is 4.66. The van der Waals surface area contributed by atoms with E-state index >= 15 is 0 Å². The third-order valence-electron chi connectivity index (χ3n) is 4.39. The number of methoxy groups -OCH3 is 1. The highest BCUT2D eigenvalue weighted by atomic mass is 16.5. The zero-order chi connectivity index (χ0) is 16.3. The minimum absolute atomic E-state index is 0.148. The van der Waals surface area contributed by atoms with E-state index in [1.54, 1.807) is 4.90 Å². The smallest absolute Gasteiger partial charge is 0.270 e. The van der Waals surface area contributed by atoms with Gasteiger partial charge in [-0.15, -0.1) is 0 Å². The summed E-state index contributed by atoms with van der Waals surface area (Å²) < 4.78 is 4.88. The third kappa shape index (κ3) is 2.84. The summed E-state index contributed by atoms with van der Waals surface area (Å²) >= 11 is 0. The van der Waals surface area contributed by atoms with Crippen LogP contribution >= 0.6 is 0 Å². The van der Waals surface area contributed by atoms with E-state index in [0.29, 0.717) is 25.8 Å². The van der Waals surface area contributed by atoms with Crippen LogP contribution in [0.3, 0.4) is 0 Å². The van der Waals surface area contributed by atoms with Crippen LogP contribution in [0.5, 0.6) is 5.75 Å². The molecule has 7 nitrogen and oxygen atoms in total. The Morgan fingerprint density at radius 3 is 2.77 bits per heavy atom. The number of nitrogens with two attached hydrogens (primary N) is 1. The minimum atomic E-state index is -0.680. The Balaban J connectivity index is 2.24. The number of carbonyl (C=O) groups is 2. The molecule has 0 aromatic carbocycles. The zero-order valence-electron chi connectivity index (χ0n) is 12.8. The predicted molar refractivity (Wildman–Crippen MR) is 80.7 cm³/mol. The number of aromatic amines is 1. The van der Waals surface area contributed by atoms with E-state index in [1.807, 2.05) is 6.92 Å². The molecule has 1 aliphatic rings. The summed E-state index contributed by atoms with van der Waals surface area (Å²) in [6, 6.07) is 1.22. The molecule has 2 amide bonds. The Morgan fingerprint density at radius 1 is 1.50 bits per heavy atom. The van der Waals surface area contributed by atoms with Crippen molar-refractivity contribution in [2.45, 2.75) is 26.2 Å². The number of hydrogen-bond acceptors (Lipinski definition) is 4. The summed E-state index contributed by atoms with van der Waals surface area (Å²) in [4.78, 5) is 40.4. The van der Waals surface area contributed by atoms with Crippen LogP contribution in [0.25, 0.3) is 0 Å². The molecule has 120 valence electrons. The van der Waals surface area contributed by atoms with Gasteiger partial charge in [0, 0.05) is 25.4 Å². The largest absolute Gasteiger partial charge is 0.491 e. The monoisotopic (exact) mass is 307 g/mol. The normalized spacial score (nSPS) is 21.5. The van der Waals surface area contributed by atoms with Crippen molar-refractivity contribution in [1.29, 1.82) is 0 Å². The van der Waals surface area contributed by atoms with Crippen molar-refractivity contribution in [2.75, 3.05) is 20.2 Å². The summed E-state index contributed by atoms with van der Waals surface area (Å²) in [6.45, 7) is 2.72. The van der Waals surface area contributed by atoms with Gasteiger partial charge in [0.1, 0.15) is 5.69 Å². The molecule has 7 heteroatoms. The average molecular weight is 307 g/mol. The lowest BCUT2D eigenvalue weighted by Crippen LogP contribution is -2.52. The van der Waals surface area contributed by atoms with Crippen molar-refractivity contribution in [3.63, 3.8) is 0 Å². The van der Waals surface area contributed by atoms with Crippen molar-refractivity contribution < 1.29 is 14.3 Å². The standard InChI is InChI=1S/C15H21N3O4/c1-3-15(14(16)21)5-4-6-18(9-15)13(20)10-7-11(19)12(22-2)8-17-10/h7-8H,3-6,9H2,1-2H3,(H2,16,21)(H,17,19). The van der Waals surface area contributed by atoms with E-state index in [2.05, 4.69) is 4.98 Å². The molecule has 1 atom stereocenters. The zero-order valence-corrected chi connectivity index (χ0v) is 12.8. The van der Waals surface area contributed by atoms with Gasteiger partial charge in [0.25, 0.3) is 5.91 Å². The number of carbonyl (C=O) groups excluding carboxylic acids is 2. The van der Waals surface area contributed by atoms with E-state index in [0.717, 1.165) is 0 Å². The molecule has 0 saturated carbocycles. The van der Waals surface area contributed by atoms with Gasteiger partial charge in [-0.05, 0) is 19.3 Å². The molecular weight excluding hydrogens is 286 g/mol. The summed E-state index contributed by atoms with van der Waals surface area (Å²) in [6.07, 6.45) is 3.34. The first-order valence-electron chi connectivity index (χ1n) is 7.29. The second-order valence-corrected chi connectivity index (χ2v) is 5.61. The fourth-order valence-corrected chi connectivity index (χ4v) is 2.88. The van der Waals surface area contributed by atoms with Crippen LogP contribution in [0.4, 0.5) is 0 Å². The number of ether oxygens (including phenoxy) is 1. The lowest BCUT2D eigenvalue weighted by atomic mass is 9.77. The highest BCUT2D eigenvalue weighted by Gasteiger charge is 2.40. The number of nitrogens with one attached hydrogen (secondary N) is 1. The van der Waals surface area contributed by atoms with Crippen molar-refractivity contribution in [3.8, 4) is 5.75 Å². The van der Waals surface area contributed by atoms with Gasteiger partial charge in [0.15, 0.2) is 5.75 Å². The molecule has 0 aliphatic carbocycles. The van der Waals surface area contributed by atoms with Crippen LogP contribution in [0.1, 0.15) is 36.7 Å². The van der Waals surface area contributed by atoms with E-state index in [-0.39, 0.29) is 35.2 Å². The van der Waals surface area contributed by atoms with Gasteiger partial charge in [0.05, 0.1) is 12.5 Å². The van der Waals surface area contributed by atoms with Crippen molar-refractivity contribution in [2.24, 2.45) is 11.1 Å². The number of amides is 2. The third-order valence-corrected chi connectivity index (χ3v) is 4.39. The molecule has 2 heterocycles. The molecule has 0 radical (unpaired) electrons. The number of nitrogens with zero attached hydrogens (tertiary/aromatic N) is 1. The maximum absolute atomic E-state index is 12.5. The SMILES string of the molecule is CCC1(C(N)=O)CCCN(C(=O)c2cc(=O)c(OC)c[nH]2)C1. The number of likely N-dealkylation sites (tertiary alicyclic amines) is 1. The van der Waals surface area contributed by atoms with Gasteiger partial charge < -0.3 is 20.4 Å². The summed E-state index contributed by atoms with van der Waals surface area (Å²) in [5.74, 6) is -0.538. The van der Waals surface area contributed by atoms with E-state index in [4.69, 9.17) is 10.5 Å². The second-order valence-electron chi connectivity index (χ2n) is 5.61. The first-order chi connectivity index (χ1) is 10.4. The summed E-state index contributed by atoms with van der Waals surface area (Å²) in [5, 5.41) is 0. The molecule has 1 unspecified atom stereocenters. The van der Waals surface area contributed by atoms with Crippen LogP contribution in [0.15, 0.2) is 17.1 Å². The van der Waals surface area contributed by atoms with Crippen molar-refractivity contribution >= 4 is 11.8 Å². The van der Waals surface area contributed by atoms with E-state index < -0.39 is 5.41 Å². The fourth-order valence-electron chi connectivity index (χ4n) is 2.88. The molecule has 2 rings (SSSR count). The number of hydrogen-bond donors (Lipinski definition) is 2. The highest BCUT2D eigenvalue weighted by Crippen LogP contribution is 2.33. The molecule has 1 aromatic heterocycles. The van der Waals surface area contributed by atoms with Crippen LogP contribution in [0.2, 0.25) is 0 Å². The topological polar surface area (TPSA) is 105 Å². The minimum Gasteiger partial charge on any atom is -0.491 e. The van der Waals surface area contributed by atoms with Crippen LogP contribution in [-0.4, -0.2) is 41.9 Å². The number of rotatable bonds is 4. The molecule has 0 bridgehead atoms. The van der Waals surface area contributed by atoms with Gasteiger partial charge in [0.2, 0.25) is 11.3 Å². The second kappa shape index (κ2) is 6.21. The molecular formula is C15H21N3O4. The maximum atomic E-state index is 12.5. The Bertz CT molecular complexity index is 640. The predicted octanol–water partition coefficient (Wildman–Crippen LogP) is 0.501. The van der Waals surface area contributed by atoms with Gasteiger partial charge in [-0.2, -0.15) is 0 Å². The van der Waals surface area contributed by atoms with E-state index in [9.17, 15) is 14.4 Å². The Hall–Kier alpha value is -2.31. The number of piperidine rings is 1. The van der Waals surface area contributed by atoms with Gasteiger partial charge in [-0.3, -0.25) is 14.4 Å². The molecule has 1 fully saturated rings. The molecule has 3 N–H and O–H groups in total. The Morgan fingerprint density at radius 2 is 2.23 bits per heavy atom. The number of pyridine rings is 1. The number of aromatic nitrogens is 1. The molecule has 1 aromatic rings. The highest BCUT2D eigenvalue weighted by molar-refractivity contribution is 5.93. The summed E-state index contributed by atoms with van der Waals surface area (Å²) in [7, 11) is 1.39. The Kier molecular flexibility index (Phi) is 4.54. The lowest BCUT2D eigenvalue weighted by Gasteiger charge is -2.40.